The molecule has 1 aliphatic heterocycles. The average Bonchev–Trinajstić information content (AvgIpc) is 2.72. The van der Waals surface area contributed by atoms with Crippen LogP contribution < -0.4 is 5.32 Å². The fraction of sp³-hybridized carbons (Fsp3) is 0.778. The van der Waals surface area contributed by atoms with Gasteiger partial charge in [-0.15, -0.1) is 5.10 Å². The number of aromatic nitrogens is 3. The number of nitrogens with zero attached hydrogens (tertiary/aromatic N) is 3. The Morgan fingerprint density at radius 1 is 1.64 bits per heavy atom. The molecular formula is C9H15ClN4. The summed E-state index contributed by atoms with van der Waals surface area (Å²) in [6, 6.07) is 0. The van der Waals surface area contributed by atoms with E-state index >= 15 is 0 Å². The van der Waals surface area contributed by atoms with Crippen LogP contribution >= 0.6 is 11.6 Å². The van der Waals surface area contributed by atoms with Gasteiger partial charge in [0.15, 0.2) is 0 Å². The first-order valence-electron chi connectivity index (χ1n) is 5.02. The second-order valence-electron chi connectivity index (χ2n) is 3.82. The summed E-state index contributed by atoms with van der Waals surface area (Å²) in [4.78, 5) is 4.17. The first kappa shape index (κ1) is 9.93. The van der Waals surface area contributed by atoms with Gasteiger partial charge in [0.25, 0.3) is 0 Å². The van der Waals surface area contributed by atoms with Crippen LogP contribution in [0.3, 0.4) is 0 Å². The molecular weight excluding hydrogens is 200 g/mol. The van der Waals surface area contributed by atoms with Crippen molar-refractivity contribution in [2.45, 2.75) is 19.3 Å². The van der Waals surface area contributed by atoms with Crippen molar-refractivity contribution in [2.75, 3.05) is 13.1 Å². The Morgan fingerprint density at radius 2 is 2.50 bits per heavy atom. The zero-order chi connectivity index (χ0) is 9.97. The van der Waals surface area contributed by atoms with Crippen molar-refractivity contribution in [3.05, 3.63) is 11.1 Å². The summed E-state index contributed by atoms with van der Waals surface area (Å²) in [6.45, 7) is 2.30. The van der Waals surface area contributed by atoms with E-state index in [0.29, 0.717) is 5.28 Å². The highest BCUT2D eigenvalue weighted by Gasteiger charge is 2.15. The maximum atomic E-state index is 5.71. The molecule has 1 fully saturated rings. The molecule has 0 amide bonds. The molecule has 1 N–H and O–H groups in total. The van der Waals surface area contributed by atoms with Crippen LogP contribution in [-0.2, 0) is 13.5 Å². The molecule has 0 radical (unpaired) electrons. The van der Waals surface area contributed by atoms with Gasteiger partial charge in [-0.25, -0.2) is 4.98 Å². The molecule has 0 aliphatic carbocycles. The third-order valence-electron chi connectivity index (χ3n) is 2.77. The highest BCUT2D eigenvalue weighted by atomic mass is 35.5. The van der Waals surface area contributed by atoms with Crippen LogP contribution in [0.1, 0.15) is 18.7 Å². The molecule has 1 aromatic rings. The van der Waals surface area contributed by atoms with Crippen LogP contribution in [0.2, 0.25) is 5.28 Å². The molecule has 1 unspecified atom stereocenters. The summed E-state index contributed by atoms with van der Waals surface area (Å²) < 4.78 is 1.77. The molecule has 4 nitrogen and oxygen atoms in total. The predicted octanol–water partition coefficient (Wildman–Crippen LogP) is 1.01. The fourth-order valence-corrected chi connectivity index (χ4v) is 2.11. The van der Waals surface area contributed by atoms with Crippen LogP contribution in [0.5, 0.6) is 0 Å². The van der Waals surface area contributed by atoms with Gasteiger partial charge >= 0.3 is 0 Å². The molecule has 0 aromatic carbocycles. The molecule has 1 saturated heterocycles. The summed E-state index contributed by atoms with van der Waals surface area (Å²) in [5.74, 6) is 1.78. The minimum Gasteiger partial charge on any atom is -0.316 e. The van der Waals surface area contributed by atoms with Gasteiger partial charge in [-0.05, 0) is 43.5 Å². The van der Waals surface area contributed by atoms with Crippen LogP contribution in [0.4, 0.5) is 0 Å². The molecule has 1 aliphatic rings. The first-order valence-corrected chi connectivity index (χ1v) is 5.39. The lowest BCUT2D eigenvalue weighted by Crippen LogP contribution is -2.10. The minimum atomic E-state index is 0.354. The van der Waals surface area contributed by atoms with Gasteiger partial charge in [-0.3, -0.25) is 4.68 Å². The minimum absolute atomic E-state index is 0.354. The van der Waals surface area contributed by atoms with E-state index in [2.05, 4.69) is 15.4 Å². The van der Waals surface area contributed by atoms with Crippen LogP contribution in [-0.4, -0.2) is 27.9 Å². The van der Waals surface area contributed by atoms with Crippen molar-refractivity contribution in [3.63, 3.8) is 0 Å². The van der Waals surface area contributed by atoms with Gasteiger partial charge in [-0.2, -0.15) is 0 Å². The molecule has 0 spiro atoms. The summed E-state index contributed by atoms with van der Waals surface area (Å²) in [7, 11) is 1.89. The van der Waals surface area contributed by atoms with Crippen molar-refractivity contribution in [1.29, 1.82) is 0 Å². The van der Waals surface area contributed by atoms with Crippen molar-refractivity contribution in [3.8, 4) is 0 Å². The van der Waals surface area contributed by atoms with Crippen molar-refractivity contribution in [1.82, 2.24) is 20.1 Å². The molecule has 5 heteroatoms. The van der Waals surface area contributed by atoms with E-state index in [9.17, 15) is 0 Å². The van der Waals surface area contributed by atoms with E-state index in [-0.39, 0.29) is 0 Å². The fourth-order valence-electron chi connectivity index (χ4n) is 1.89. The lowest BCUT2D eigenvalue weighted by atomic mass is 10.0. The van der Waals surface area contributed by atoms with Gasteiger partial charge < -0.3 is 5.32 Å². The van der Waals surface area contributed by atoms with Gasteiger partial charge in [0.1, 0.15) is 5.82 Å². The van der Waals surface area contributed by atoms with Gasteiger partial charge in [0, 0.05) is 13.5 Å². The quantitative estimate of drug-likeness (QED) is 0.817. The molecule has 0 bridgehead atoms. The molecule has 78 valence electrons. The Balaban J connectivity index is 1.87. The Kier molecular flexibility index (Phi) is 3.03. The Labute approximate surface area is 88.7 Å². The van der Waals surface area contributed by atoms with Gasteiger partial charge in [0.05, 0.1) is 0 Å². The third-order valence-corrected chi connectivity index (χ3v) is 2.93. The zero-order valence-electron chi connectivity index (χ0n) is 8.33. The van der Waals surface area contributed by atoms with Crippen LogP contribution in [0.15, 0.2) is 0 Å². The monoisotopic (exact) mass is 214 g/mol. The average molecular weight is 215 g/mol. The van der Waals surface area contributed by atoms with Gasteiger partial charge in [-0.1, -0.05) is 0 Å². The number of hydrogen-bond acceptors (Lipinski definition) is 3. The lowest BCUT2D eigenvalue weighted by Gasteiger charge is -2.06. The van der Waals surface area contributed by atoms with Crippen molar-refractivity contribution in [2.24, 2.45) is 13.0 Å². The second kappa shape index (κ2) is 4.28. The summed E-state index contributed by atoms with van der Waals surface area (Å²) >= 11 is 5.71. The molecule has 14 heavy (non-hydrogen) atoms. The maximum absolute atomic E-state index is 5.71. The zero-order valence-corrected chi connectivity index (χ0v) is 9.09. The van der Waals surface area contributed by atoms with Crippen molar-refractivity contribution >= 4 is 11.6 Å². The summed E-state index contributed by atoms with van der Waals surface area (Å²) in [6.07, 6.45) is 3.43. The van der Waals surface area contributed by atoms with E-state index < -0.39 is 0 Å². The Bertz CT molecular complexity index is 304. The van der Waals surface area contributed by atoms with E-state index in [4.69, 9.17) is 11.6 Å². The third kappa shape index (κ3) is 2.25. The second-order valence-corrected chi connectivity index (χ2v) is 4.16. The van der Waals surface area contributed by atoms with E-state index in [1.807, 2.05) is 7.05 Å². The SMILES string of the molecule is Cn1nc(Cl)nc1CCC1CCNC1. The molecule has 1 aromatic heterocycles. The summed E-state index contributed by atoms with van der Waals surface area (Å²) in [5.41, 5.74) is 0. The molecule has 1 atom stereocenters. The number of hydrogen-bond donors (Lipinski definition) is 1. The smallest absolute Gasteiger partial charge is 0.242 e. The molecule has 0 saturated carbocycles. The van der Waals surface area contributed by atoms with Crippen molar-refractivity contribution < 1.29 is 0 Å². The van der Waals surface area contributed by atoms with Crippen LogP contribution in [0, 0.1) is 5.92 Å². The number of halogens is 1. The summed E-state index contributed by atoms with van der Waals surface area (Å²) in [5, 5.41) is 7.72. The predicted molar refractivity (Wildman–Crippen MR) is 55.3 cm³/mol. The first-order chi connectivity index (χ1) is 6.75. The largest absolute Gasteiger partial charge is 0.316 e. The standard InChI is InChI=1S/C9H15ClN4/c1-14-8(12-9(10)13-14)3-2-7-4-5-11-6-7/h7,11H,2-6H2,1H3. The number of rotatable bonds is 3. The Hall–Kier alpha value is -0.610. The molecule has 2 rings (SSSR count). The highest BCUT2D eigenvalue weighted by molar-refractivity contribution is 6.28. The normalized spacial score (nSPS) is 21.7. The van der Waals surface area contributed by atoms with E-state index in [0.717, 1.165) is 31.3 Å². The maximum Gasteiger partial charge on any atom is 0.242 e. The van der Waals surface area contributed by atoms with Gasteiger partial charge in [0.2, 0.25) is 5.28 Å². The van der Waals surface area contributed by atoms with E-state index in [1.165, 1.54) is 12.8 Å². The van der Waals surface area contributed by atoms with Crippen LogP contribution in [0.25, 0.3) is 0 Å². The highest BCUT2D eigenvalue weighted by Crippen LogP contribution is 2.15. The Morgan fingerprint density at radius 3 is 3.07 bits per heavy atom. The topological polar surface area (TPSA) is 42.7 Å². The molecule has 2 heterocycles. The number of aryl methyl sites for hydroxylation is 2. The lowest BCUT2D eigenvalue weighted by molar-refractivity contribution is 0.515. The number of nitrogens with one attached hydrogen (secondary N) is 1. The van der Waals surface area contributed by atoms with E-state index in [1.54, 1.807) is 4.68 Å².